The Bertz CT molecular complexity index is 1180. The van der Waals surface area contributed by atoms with E-state index in [1.54, 1.807) is 30.3 Å². The zero-order chi connectivity index (χ0) is 21.7. The highest BCUT2D eigenvalue weighted by atomic mass is 32.2. The number of hydrogen-bond donors (Lipinski definition) is 1. The molecule has 5 nitrogen and oxygen atoms in total. The Kier molecular flexibility index (Phi) is 6.27. The number of anilines is 2. The lowest BCUT2D eigenvalue weighted by molar-refractivity contribution is 0.102. The molecule has 3 aromatic rings. The Morgan fingerprint density at radius 3 is 2.40 bits per heavy atom. The van der Waals surface area contributed by atoms with Gasteiger partial charge in [-0.05, 0) is 48.5 Å². The summed E-state index contributed by atoms with van der Waals surface area (Å²) in [6.07, 6.45) is 1.42. The molecular formula is C22H18F2N2O3S. The van der Waals surface area contributed by atoms with E-state index in [-0.39, 0.29) is 17.1 Å². The maximum atomic E-state index is 14.3. The second kappa shape index (κ2) is 8.87. The van der Waals surface area contributed by atoms with E-state index in [4.69, 9.17) is 0 Å². The molecule has 0 fully saturated rings. The first-order valence-corrected chi connectivity index (χ1v) is 10.3. The molecule has 0 unspecified atom stereocenters. The highest BCUT2D eigenvalue weighted by Crippen LogP contribution is 2.25. The molecule has 154 valence electrons. The van der Waals surface area contributed by atoms with Gasteiger partial charge in [-0.1, -0.05) is 30.3 Å². The largest absolute Gasteiger partial charge is 0.322 e. The summed E-state index contributed by atoms with van der Waals surface area (Å²) in [5.41, 5.74) is 0.0321. The summed E-state index contributed by atoms with van der Waals surface area (Å²) >= 11 is 0. The van der Waals surface area contributed by atoms with Crippen molar-refractivity contribution in [1.82, 2.24) is 0 Å². The van der Waals surface area contributed by atoms with Crippen LogP contribution in [0.3, 0.4) is 0 Å². The monoisotopic (exact) mass is 428 g/mol. The average molecular weight is 428 g/mol. The van der Waals surface area contributed by atoms with Crippen molar-refractivity contribution in [3.05, 3.63) is 103 Å². The summed E-state index contributed by atoms with van der Waals surface area (Å²) in [7, 11) is -4.11. The van der Waals surface area contributed by atoms with Crippen molar-refractivity contribution in [3.8, 4) is 0 Å². The van der Waals surface area contributed by atoms with E-state index in [0.717, 1.165) is 28.6 Å². The van der Waals surface area contributed by atoms with Gasteiger partial charge in [0.25, 0.3) is 15.9 Å². The van der Waals surface area contributed by atoms with Crippen LogP contribution in [0.25, 0.3) is 0 Å². The molecule has 3 aromatic carbocycles. The molecule has 0 aromatic heterocycles. The lowest BCUT2D eigenvalue weighted by Crippen LogP contribution is -2.31. The van der Waals surface area contributed by atoms with E-state index in [1.807, 2.05) is 0 Å². The number of carbonyl (C=O) groups is 1. The SMILES string of the molecule is C=CCN(c1ccccc1)S(=O)(=O)c1ccc(F)c(C(=O)Nc2cccc(F)c2)c1. The summed E-state index contributed by atoms with van der Waals surface area (Å²) in [6, 6.07) is 16.4. The van der Waals surface area contributed by atoms with Crippen LogP contribution < -0.4 is 9.62 Å². The smallest absolute Gasteiger partial charge is 0.264 e. The zero-order valence-electron chi connectivity index (χ0n) is 15.8. The predicted octanol–water partition coefficient (Wildman–Crippen LogP) is 4.60. The van der Waals surface area contributed by atoms with Gasteiger partial charge in [-0.2, -0.15) is 0 Å². The molecule has 0 atom stereocenters. The van der Waals surface area contributed by atoms with Gasteiger partial charge in [0.2, 0.25) is 0 Å². The van der Waals surface area contributed by atoms with Gasteiger partial charge < -0.3 is 5.32 Å². The Morgan fingerprint density at radius 1 is 1.00 bits per heavy atom. The number of halogens is 2. The molecule has 3 rings (SSSR count). The molecular weight excluding hydrogens is 410 g/mol. The van der Waals surface area contributed by atoms with Crippen LogP contribution in [-0.4, -0.2) is 20.9 Å². The van der Waals surface area contributed by atoms with Gasteiger partial charge in [0.1, 0.15) is 11.6 Å². The van der Waals surface area contributed by atoms with Crippen LogP contribution in [0.1, 0.15) is 10.4 Å². The van der Waals surface area contributed by atoms with Crippen molar-refractivity contribution in [2.24, 2.45) is 0 Å². The fraction of sp³-hybridized carbons (Fsp3) is 0.0455. The minimum atomic E-state index is -4.11. The molecule has 0 radical (unpaired) electrons. The third-order valence-electron chi connectivity index (χ3n) is 4.19. The van der Waals surface area contributed by atoms with Crippen LogP contribution in [0.5, 0.6) is 0 Å². The lowest BCUT2D eigenvalue weighted by atomic mass is 10.2. The second-order valence-corrected chi connectivity index (χ2v) is 8.13. The topological polar surface area (TPSA) is 66.5 Å². The third kappa shape index (κ3) is 4.55. The van der Waals surface area contributed by atoms with Crippen molar-refractivity contribution in [1.29, 1.82) is 0 Å². The molecule has 0 bridgehead atoms. The number of sulfonamides is 1. The minimum Gasteiger partial charge on any atom is -0.322 e. The number of rotatable bonds is 7. The number of hydrogen-bond acceptors (Lipinski definition) is 3. The van der Waals surface area contributed by atoms with Gasteiger partial charge in [-0.25, -0.2) is 17.2 Å². The van der Waals surface area contributed by atoms with Gasteiger partial charge in [-0.15, -0.1) is 6.58 Å². The van der Waals surface area contributed by atoms with Crippen LogP contribution in [0.15, 0.2) is 90.3 Å². The molecule has 1 amide bonds. The fourth-order valence-electron chi connectivity index (χ4n) is 2.78. The van der Waals surface area contributed by atoms with E-state index >= 15 is 0 Å². The summed E-state index contributed by atoms with van der Waals surface area (Å²) in [6.45, 7) is 3.57. The van der Waals surface area contributed by atoms with Gasteiger partial charge in [-0.3, -0.25) is 9.10 Å². The maximum Gasteiger partial charge on any atom is 0.264 e. The Labute approximate surface area is 173 Å². The first-order chi connectivity index (χ1) is 14.3. The fourth-order valence-corrected chi connectivity index (χ4v) is 4.25. The molecule has 0 aliphatic heterocycles. The van der Waals surface area contributed by atoms with Gasteiger partial charge in [0, 0.05) is 5.69 Å². The summed E-state index contributed by atoms with van der Waals surface area (Å²) in [4.78, 5) is 12.2. The summed E-state index contributed by atoms with van der Waals surface area (Å²) < 4.78 is 55.1. The van der Waals surface area contributed by atoms with E-state index in [0.29, 0.717) is 5.69 Å². The Hall–Kier alpha value is -3.52. The van der Waals surface area contributed by atoms with Crippen LogP contribution in [0.2, 0.25) is 0 Å². The van der Waals surface area contributed by atoms with Gasteiger partial charge in [0.05, 0.1) is 22.7 Å². The summed E-state index contributed by atoms with van der Waals surface area (Å²) in [5, 5.41) is 2.36. The number of para-hydroxylation sites is 1. The third-order valence-corrected chi connectivity index (χ3v) is 5.98. The predicted molar refractivity (Wildman–Crippen MR) is 112 cm³/mol. The number of nitrogens with zero attached hydrogens (tertiary/aromatic N) is 1. The van der Waals surface area contributed by atoms with Gasteiger partial charge >= 0.3 is 0 Å². The normalized spacial score (nSPS) is 11.0. The number of nitrogens with one attached hydrogen (secondary N) is 1. The number of benzene rings is 3. The molecule has 0 saturated carbocycles. The molecule has 0 aliphatic carbocycles. The van der Waals surface area contributed by atoms with E-state index < -0.39 is 33.1 Å². The zero-order valence-corrected chi connectivity index (χ0v) is 16.6. The first kappa shape index (κ1) is 21.2. The van der Waals surface area contributed by atoms with E-state index in [9.17, 15) is 22.0 Å². The average Bonchev–Trinajstić information content (AvgIpc) is 2.72. The molecule has 0 heterocycles. The van der Waals surface area contributed by atoms with Crippen molar-refractivity contribution >= 4 is 27.3 Å². The molecule has 0 spiro atoms. The molecule has 8 heteroatoms. The quantitative estimate of drug-likeness (QED) is 0.560. The lowest BCUT2D eigenvalue weighted by Gasteiger charge is -2.23. The number of carbonyl (C=O) groups excluding carboxylic acids is 1. The second-order valence-electron chi connectivity index (χ2n) is 6.27. The molecule has 1 N–H and O–H groups in total. The minimum absolute atomic E-state index is 0.0193. The van der Waals surface area contributed by atoms with Crippen LogP contribution in [0.4, 0.5) is 20.2 Å². The van der Waals surface area contributed by atoms with Gasteiger partial charge in [0.15, 0.2) is 0 Å². The van der Waals surface area contributed by atoms with Crippen molar-refractivity contribution in [2.75, 3.05) is 16.2 Å². The van der Waals surface area contributed by atoms with Crippen molar-refractivity contribution in [3.63, 3.8) is 0 Å². The summed E-state index contributed by atoms with van der Waals surface area (Å²) in [5.74, 6) is -2.38. The molecule has 30 heavy (non-hydrogen) atoms. The van der Waals surface area contributed by atoms with Crippen LogP contribution >= 0.6 is 0 Å². The standard InChI is InChI=1S/C22H18F2N2O3S/c1-2-13-26(18-9-4-3-5-10-18)30(28,29)19-11-12-21(24)20(15-19)22(27)25-17-8-6-7-16(23)14-17/h2-12,14-15H,1,13H2,(H,25,27). The molecule has 0 aliphatic rings. The van der Waals surface area contributed by atoms with Crippen molar-refractivity contribution in [2.45, 2.75) is 4.90 Å². The highest BCUT2D eigenvalue weighted by Gasteiger charge is 2.26. The van der Waals surface area contributed by atoms with Crippen molar-refractivity contribution < 1.29 is 22.0 Å². The highest BCUT2D eigenvalue weighted by molar-refractivity contribution is 7.92. The van der Waals surface area contributed by atoms with Crippen LogP contribution in [0, 0.1) is 11.6 Å². The number of amides is 1. The van der Waals surface area contributed by atoms with E-state index in [1.165, 1.54) is 24.3 Å². The Balaban J connectivity index is 1.98. The first-order valence-electron chi connectivity index (χ1n) is 8.88. The van der Waals surface area contributed by atoms with Crippen LogP contribution in [-0.2, 0) is 10.0 Å². The Morgan fingerprint density at radius 2 is 1.73 bits per heavy atom. The maximum absolute atomic E-state index is 14.3. The van der Waals surface area contributed by atoms with E-state index in [2.05, 4.69) is 11.9 Å². The molecule has 0 saturated heterocycles.